The van der Waals surface area contributed by atoms with Crippen LogP contribution in [0.1, 0.15) is 37.9 Å². The molecule has 2 aromatic carbocycles. The van der Waals surface area contributed by atoms with Crippen molar-refractivity contribution in [3.8, 4) is 11.1 Å². The van der Waals surface area contributed by atoms with Gasteiger partial charge in [-0.25, -0.2) is 4.79 Å². The molecule has 0 aliphatic rings. The van der Waals surface area contributed by atoms with E-state index in [4.69, 9.17) is 10.5 Å². The molecule has 0 heterocycles. The van der Waals surface area contributed by atoms with Crippen LogP contribution in [0.2, 0.25) is 0 Å². The Hall–Kier alpha value is -2.33. The molecule has 0 spiro atoms. The summed E-state index contributed by atoms with van der Waals surface area (Å²) in [7, 11) is 0. The fourth-order valence-corrected chi connectivity index (χ4v) is 2.46. The van der Waals surface area contributed by atoms with Crippen molar-refractivity contribution in [3.05, 3.63) is 59.7 Å². The molecule has 128 valence electrons. The molecule has 4 heteroatoms. The molecule has 4 nitrogen and oxygen atoms in total. The molecule has 0 aliphatic heterocycles. The van der Waals surface area contributed by atoms with Gasteiger partial charge in [0.05, 0.1) is 0 Å². The average molecular weight is 326 g/mol. The summed E-state index contributed by atoms with van der Waals surface area (Å²) in [4.78, 5) is 11.7. The van der Waals surface area contributed by atoms with Gasteiger partial charge in [-0.3, -0.25) is 0 Å². The zero-order valence-corrected chi connectivity index (χ0v) is 14.8. The summed E-state index contributed by atoms with van der Waals surface area (Å²) >= 11 is 0. The largest absolute Gasteiger partial charge is 0.444 e. The molecular formula is C20H26N2O2. The highest BCUT2D eigenvalue weighted by Crippen LogP contribution is 2.25. The van der Waals surface area contributed by atoms with Crippen LogP contribution in [-0.2, 0) is 4.74 Å². The number of carbonyl (C=O) groups excluding carboxylic acids is 1. The van der Waals surface area contributed by atoms with Crippen molar-refractivity contribution in [3.63, 3.8) is 0 Å². The van der Waals surface area contributed by atoms with Gasteiger partial charge in [0.1, 0.15) is 5.60 Å². The lowest BCUT2D eigenvalue weighted by molar-refractivity contribution is 0.0524. The Labute approximate surface area is 144 Å². The maximum Gasteiger partial charge on any atom is 0.407 e. The van der Waals surface area contributed by atoms with E-state index >= 15 is 0 Å². The van der Waals surface area contributed by atoms with Gasteiger partial charge in [-0.1, -0.05) is 42.5 Å². The van der Waals surface area contributed by atoms with Crippen molar-refractivity contribution in [1.29, 1.82) is 0 Å². The Morgan fingerprint density at radius 3 is 2.54 bits per heavy atom. The van der Waals surface area contributed by atoms with E-state index in [0.717, 1.165) is 11.1 Å². The third-order valence-electron chi connectivity index (χ3n) is 3.64. The Bertz CT molecular complexity index is 705. The summed E-state index contributed by atoms with van der Waals surface area (Å²) in [5.41, 5.74) is 10.2. The molecule has 0 aliphatic carbocycles. The molecule has 0 saturated carbocycles. The lowest BCUT2D eigenvalue weighted by atomic mass is 9.97. The SMILES string of the molecule is Cc1ccccc1-c1cccc(C(N)CNC(=O)OC(C)(C)C)c1. The molecule has 0 aromatic heterocycles. The minimum Gasteiger partial charge on any atom is -0.444 e. The standard InChI is InChI=1S/C20H26N2O2/c1-14-8-5-6-11-17(14)15-9-7-10-16(12-15)18(21)13-22-19(23)24-20(2,3)4/h5-12,18H,13,21H2,1-4H3,(H,22,23). The predicted molar refractivity (Wildman–Crippen MR) is 97.8 cm³/mol. The maximum atomic E-state index is 11.7. The fourth-order valence-electron chi connectivity index (χ4n) is 2.46. The lowest BCUT2D eigenvalue weighted by Crippen LogP contribution is -2.36. The normalized spacial score (nSPS) is 12.5. The topological polar surface area (TPSA) is 64.3 Å². The highest BCUT2D eigenvalue weighted by molar-refractivity contribution is 5.68. The highest BCUT2D eigenvalue weighted by Gasteiger charge is 2.17. The molecule has 1 unspecified atom stereocenters. The fraction of sp³-hybridized carbons (Fsp3) is 0.350. The van der Waals surface area contributed by atoms with Crippen LogP contribution in [0.25, 0.3) is 11.1 Å². The van der Waals surface area contributed by atoms with Gasteiger partial charge in [0.2, 0.25) is 0 Å². The minimum atomic E-state index is -0.515. The highest BCUT2D eigenvalue weighted by atomic mass is 16.6. The number of benzene rings is 2. The molecule has 0 radical (unpaired) electrons. The summed E-state index contributed by atoms with van der Waals surface area (Å²) in [5.74, 6) is 0. The Morgan fingerprint density at radius 2 is 1.88 bits per heavy atom. The van der Waals surface area contributed by atoms with Crippen LogP contribution in [0.5, 0.6) is 0 Å². The number of nitrogens with one attached hydrogen (secondary N) is 1. The maximum absolute atomic E-state index is 11.7. The second kappa shape index (κ2) is 7.49. The van der Waals surface area contributed by atoms with E-state index in [9.17, 15) is 4.79 Å². The zero-order valence-electron chi connectivity index (χ0n) is 14.8. The first kappa shape index (κ1) is 18.0. The molecule has 1 amide bonds. The zero-order chi connectivity index (χ0) is 17.7. The van der Waals surface area contributed by atoms with Crippen LogP contribution in [0, 0.1) is 6.92 Å². The monoisotopic (exact) mass is 326 g/mol. The molecule has 3 N–H and O–H groups in total. The molecule has 0 bridgehead atoms. The number of amides is 1. The first-order chi connectivity index (χ1) is 11.3. The Morgan fingerprint density at radius 1 is 1.17 bits per heavy atom. The molecule has 24 heavy (non-hydrogen) atoms. The van der Waals surface area contributed by atoms with E-state index in [1.807, 2.05) is 45.0 Å². The van der Waals surface area contributed by atoms with Gasteiger partial charge in [0.25, 0.3) is 0 Å². The van der Waals surface area contributed by atoms with Gasteiger partial charge in [0.15, 0.2) is 0 Å². The van der Waals surface area contributed by atoms with Crippen molar-refractivity contribution in [1.82, 2.24) is 5.32 Å². The summed E-state index contributed by atoms with van der Waals surface area (Å²) in [6.07, 6.45) is -0.451. The number of aryl methyl sites for hydroxylation is 1. The summed E-state index contributed by atoms with van der Waals surface area (Å²) in [6, 6.07) is 16.1. The van der Waals surface area contributed by atoms with E-state index < -0.39 is 11.7 Å². The number of hydrogen-bond donors (Lipinski definition) is 2. The van der Waals surface area contributed by atoms with Gasteiger partial charge < -0.3 is 15.8 Å². The van der Waals surface area contributed by atoms with Crippen molar-refractivity contribution < 1.29 is 9.53 Å². The summed E-state index contributed by atoms with van der Waals surface area (Å²) < 4.78 is 5.23. The van der Waals surface area contributed by atoms with Gasteiger partial charge in [-0.15, -0.1) is 0 Å². The van der Waals surface area contributed by atoms with E-state index in [2.05, 4.69) is 36.5 Å². The first-order valence-electron chi connectivity index (χ1n) is 8.14. The van der Waals surface area contributed by atoms with E-state index in [0.29, 0.717) is 6.54 Å². The van der Waals surface area contributed by atoms with E-state index in [1.165, 1.54) is 11.1 Å². The van der Waals surface area contributed by atoms with Crippen LogP contribution >= 0.6 is 0 Å². The molecule has 2 rings (SSSR count). The number of alkyl carbamates (subject to hydrolysis) is 1. The molecule has 2 aromatic rings. The van der Waals surface area contributed by atoms with Crippen LogP contribution in [0.15, 0.2) is 48.5 Å². The molecular weight excluding hydrogens is 300 g/mol. The molecule has 0 saturated heterocycles. The molecule has 0 fully saturated rings. The Balaban J connectivity index is 2.06. The third kappa shape index (κ3) is 5.10. The van der Waals surface area contributed by atoms with Crippen LogP contribution < -0.4 is 11.1 Å². The number of nitrogens with two attached hydrogens (primary N) is 1. The lowest BCUT2D eigenvalue weighted by Gasteiger charge is -2.21. The minimum absolute atomic E-state index is 0.290. The van der Waals surface area contributed by atoms with Crippen molar-refractivity contribution >= 4 is 6.09 Å². The van der Waals surface area contributed by atoms with Crippen molar-refractivity contribution in [2.24, 2.45) is 5.73 Å². The first-order valence-corrected chi connectivity index (χ1v) is 8.14. The van der Waals surface area contributed by atoms with Crippen LogP contribution in [0.4, 0.5) is 4.79 Å². The van der Waals surface area contributed by atoms with Gasteiger partial charge >= 0.3 is 6.09 Å². The second-order valence-corrected chi connectivity index (χ2v) is 6.93. The third-order valence-corrected chi connectivity index (χ3v) is 3.64. The number of rotatable bonds is 4. The molecule has 1 atom stereocenters. The van der Waals surface area contributed by atoms with E-state index in [-0.39, 0.29) is 6.04 Å². The smallest absolute Gasteiger partial charge is 0.407 e. The number of ether oxygens (including phenoxy) is 1. The van der Waals surface area contributed by atoms with Crippen molar-refractivity contribution in [2.45, 2.75) is 39.3 Å². The Kier molecular flexibility index (Phi) is 5.62. The van der Waals surface area contributed by atoms with Crippen molar-refractivity contribution in [2.75, 3.05) is 6.54 Å². The summed E-state index contributed by atoms with van der Waals surface area (Å²) in [5, 5.41) is 2.72. The second-order valence-electron chi connectivity index (χ2n) is 6.93. The predicted octanol–water partition coefficient (Wildman–Crippen LogP) is 4.19. The van der Waals surface area contributed by atoms with E-state index in [1.54, 1.807) is 0 Å². The van der Waals surface area contributed by atoms with Crippen LogP contribution in [-0.4, -0.2) is 18.2 Å². The van der Waals surface area contributed by atoms with Gasteiger partial charge in [-0.05, 0) is 56.0 Å². The quantitative estimate of drug-likeness (QED) is 0.885. The average Bonchev–Trinajstić information content (AvgIpc) is 2.51. The number of hydrogen-bond acceptors (Lipinski definition) is 3. The van der Waals surface area contributed by atoms with Crippen LogP contribution in [0.3, 0.4) is 0 Å². The van der Waals surface area contributed by atoms with Gasteiger partial charge in [-0.2, -0.15) is 0 Å². The van der Waals surface area contributed by atoms with Gasteiger partial charge in [0, 0.05) is 12.6 Å². The summed E-state index contributed by atoms with van der Waals surface area (Å²) in [6.45, 7) is 7.91. The number of carbonyl (C=O) groups is 1.